The van der Waals surface area contributed by atoms with E-state index in [9.17, 15) is 4.79 Å². The van der Waals surface area contributed by atoms with E-state index < -0.39 is 6.04 Å². The molecule has 106 valence electrons. The van der Waals surface area contributed by atoms with E-state index in [0.29, 0.717) is 5.69 Å². The fraction of sp³-hybridized carbons (Fsp3) is 0.0667. The van der Waals surface area contributed by atoms with Crippen LogP contribution in [0.2, 0.25) is 0 Å². The molecule has 1 amide bonds. The molecule has 1 aromatic carbocycles. The summed E-state index contributed by atoms with van der Waals surface area (Å²) >= 11 is 1.47. The number of rotatable bonds is 4. The van der Waals surface area contributed by atoms with Gasteiger partial charge in [-0.1, -0.05) is 6.07 Å². The third-order valence-corrected chi connectivity index (χ3v) is 3.99. The van der Waals surface area contributed by atoms with Gasteiger partial charge in [0.25, 0.3) is 0 Å². The molecule has 0 aliphatic carbocycles. The first kappa shape index (κ1) is 13.5. The number of nitrogens with zero attached hydrogens (tertiary/aromatic N) is 2. The Morgan fingerprint density at radius 2 is 2.05 bits per heavy atom. The van der Waals surface area contributed by atoms with Crippen LogP contribution in [-0.4, -0.2) is 15.7 Å². The molecule has 0 saturated heterocycles. The molecule has 6 heteroatoms. The number of nitrogens with two attached hydrogens (primary N) is 1. The van der Waals surface area contributed by atoms with Gasteiger partial charge in [0.15, 0.2) is 0 Å². The van der Waals surface area contributed by atoms with Crippen LogP contribution in [0.3, 0.4) is 0 Å². The number of aromatic nitrogens is 2. The van der Waals surface area contributed by atoms with E-state index in [0.717, 1.165) is 10.6 Å². The van der Waals surface area contributed by atoms with E-state index in [2.05, 4.69) is 10.4 Å². The van der Waals surface area contributed by atoms with Gasteiger partial charge in [-0.3, -0.25) is 4.79 Å². The minimum Gasteiger partial charge on any atom is -0.324 e. The van der Waals surface area contributed by atoms with Gasteiger partial charge in [0.1, 0.15) is 6.04 Å². The van der Waals surface area contributed by atoms with Crippen molar-refractivity contribution in [2.45, 2.75) is 6.04 Å². The molecule has 3 N–H and O–H groups in total. The first-order valence-corrected chi connectivity index (χ1v) is 7.32. The van der Waals surface area contributed by atoms with Crippen molar-refractivity contribution in [2.75, 3.05) is 5.32 Å². The lowest BCUT2D eigenvalue weighted by atomic mass is 10.2. The Hall–Kier alpha value is -2.44. The van der Waals surface area contributed by atoms with Gasteiger partial charge in [-0.2, -0.15) is 5.10 Å². The molecule has 21 heavy (non-hydrogen) atoms. The van der Waals surface area contributed by atoms with Crippen LogP contribution in [0.5, 0.6) is 0 Å². The SMILES string of the molecule is NC(C(=O)Nc1ccc(-n2cccn2)cc1)c1cccs1. The molecule has 0 aliphatic rings. The highest BCUT2D eigenvalue weighted by Gasteiger charge is 2.16. The summed E-state index contributed by atoms with van der Waals surface area (Å²) in [5.41, 5.74) is 7.56. The predicted molar refractivity (Wildman–Crippen MR) is 83.4 cm³/mol. The summed E-state index contributed by atoms with van der Waals surface area (Å²) in [4.78, 5) is 12.9. The number of amides is 1. The molecule has 2 aromatic heterocycles. The lowest BCUT2D eigenvalue weighted by Gasteiger charge is -2.11. The van der Waals surface area contributed by atoms with Gasteiger partial charge >= 0.3 is 0 Å². The van der Waals surface area contributed by atoms with E-state index in [1.54, 1.807) is 10.9 Å². The fourth-order valence-corrected chi connectivity index (χ4v) is 2.66. The van der Waals surface area contributed by atoms with Crippen LogP contribution >= 0.6 is 11.3 Å². The first-order valence-electron chi connectivity index (χ1n) is 6.44. The maximum Gasteiger partial charge on any atom is 0.246 e. The maximum absolute atomic E-state index is 12.1. The van der Waals surface area contributed by atoms with Crippen LogP contribution in [0.15, 0.2) is 60.2 Å². The second kappa shape index (κ2) is 5.90. The minimum absolute atomic E-state index is 0.218. The largest absolute Gasteiger partial charge is 0.324 e. The highest BCUT2D eigenvalue weighted by molar-refractivity contribution is 7.10. The molecule has 2 heterocycles. The smallest absolute Gasteiger partial charge is 0.246 e. The number of hydrogen-bond acceptors (Lipinski definition) is 4. The summed E-state index contributed by atoms with van der Waals surface area (Å²) in [6, 6.07) is 12.4. The van der Waals surface area contributed by atoms with Crippen LogP contribution in [0.1, 0.15) is 10.9 Å². The number of hydrogen-bond donors (Lipinski definition) is 2. The predicted octanol–water partition coefficient (Wildman–Crippen LogP) is 2.57. The van der Waals surface area contributed by atoms with Crippen molar-refractivity contribution in [3.63, 3.8) is 0 Å². The summed E-state index contributed by atoms with van der Waals surface area (Å²) in [5.74, 6) is -0.218. The molecule has 1 atom stereocenters. The van der Waals surface area contributed by atoms with Gasteiger partial charge in [-0.15, -0.1) is 11.3 Å². The van der Waals surface area contributed by atoms with Crippen LogP contribution in [0.4, 0.5) is 5.69 Å². The number of carbonyl (C=O) groups excluding carboxylic acids is 1. The lowest BCUT2D eigenvalue weighted by molar-refractivity contribution is -0.117. The lowest BCUT2D eigenvalue weighted by Crippen LogP contribution is -2.26. The van der Waals surface area contributed by atoms with Crippen LogP contribution in [-0.2, 0) is 4.79 Å². The van der Waals surface area contributed by atoms with Gasteiger partial charge in [-0.05, 0) is 41.8 Å². The monoisotopic (exact) mass is 298 g/mol. The Balaban J connectivity index is 1.69. The topological polar surface area (TPSA) is 72.9 Å². The summed E-state index contributed by atoms with van der Waals surface area (Å²) < 4.78 is 1.75. The molecule has 0 aliphatic heterocycles. The molecular formula is C15H14N4OS. The number of benzene rings is 1. The molecule has 0 fully saturated rings. The number of carbonyl (C=O) groups is 1. The average molecular weight is 298 g/mol. The van der Waals surface area contributed by atoms with Crippen molar-refractivity contribution in [3.05, 3.63) is 65.1 Å². The summed E-state index contributed by atoms with van der Waals surface area (Å²) in [7, 11) is 0. The average Bonchev–Trinajstić information content (AvgIpc) is 3.20. The summed E-state index contributed by atoms with van der Waals surface area (Å²) in [5, 5.41) is 8.87. The quantitative estimate of drug-likeness (QED) is 0.777. The zero-order chi connectivity index (χ0) is 14.7. The Labute approximate surface area is 126 Å². The van der Waals surface area contributed by atoms with E-state index in [4.69, 9.17) is 5.73 Å². The Morgan fingerprint density at radius 1 is 1.24 bits per heavy atom. The Morgan fingerprint density at radius 3 is 2.67 bits per heavy atom. The van der Waals surface area contributed by atoms with Crippen molar-refractivity contribution in [3.8, 4) is 5.69 Å². The molecule has 0 bridgehead atoms. The van der Waals surface area contributed by atoms with Crippen molar-refractivity contribution < 1.29 is 4.79 Å². The molecule has 1 unspecified atom stereocenters. The second-order valence-electron chi connectivity index (χ2n) is 4.48. The molecule has 0 spiro atoms. The maximum atomic E-state index is 12.1. The highest BCUT2D eigenvalue weighted by Crippen LogP contribution is 2.19. The molecule has 5 nitrogen and oxygen atoms in total. The minimum atomic E-state index is -0.643. The number of nitrogens with one attached hydrogen (secondary N) is 1. The van der Waals surface area contributed by atoms with Gasteiger partial charge in [0.2, 0.25) is 5.91 Å². The first-order chi connectivity index (χ1) is 10.2. The van der Waals surface area contributed by atoms with Crippen molar-refractivity contribution >= 4 is 22.9 Å². The van der Waals surface area contributed by atoms with Gasteiger partial charge in [-0.25, -0.2) is 4.68 Å². The molecule has 3 rings (SSSR count). The number of anilines is 1. The third kappa shape index (κ3) is 3.01. The van der Waals surface area contributed by atoms with E-state index in [1.807, 2.05) is 54.0 Å². The van der Waals surface area contributed by atoms with Crippen molar-refractivity contribution in [2.24, 2.45) is 5.73 Å². The summed E-state index contributed by atoms with van der Waals surface area (Å²) in [6.45, 7) is 0. The van der Waals surface area contributed by atoms with E-state index in [-0.39, 0.29) is 5.91 Å². The van der Waals surface area contributed by atoms with Crippen molar-refractivity contribution in [1.29, 1.82) is 0 Å². The third-order valence-electron chi connectivity index (χ3n) is 3.04. The van der Waals surface area contributed by atoms with Crippen LogP contribution in [0.25, 0.3) is 5.69 Å². The zero-order valence-corrected chi connectivity index (χ0v) is 12.0. The molecule has 0 radical (unpaired) electrons. The van der Waals surface area contributed by atoms with Crippen molar-refractivity contribution in [1.82, 2.24) is 9.78 Å². The van der Waals surface area contributed by atoms with Crippen LogP contribution < -0.4 is 11.1 Å². The molecule has 3 aromatic rings. The zero-order valence-electron chi connectivity index (χ0n) is 11.1. The van der Waals surface area contributed by atoms with E-state index in [1.165, 1.54) is 11.3 Å². The van der Waals surface area contributed by atoms with Gasteiger partial charge < -0.3 is 11.1 Å². The molecule has 0 saturated carbocycles. The molecular weight excluding hydrogens is 284 g/mol. The van der Waals surface area contributed by atoms with Gasteiger partial charge in [0.05, 0.1) is 5.69 Å². The highest BCUT2D eigenvalue weighted by atomic mass is 32.1. The Bertz CT molecular complexity index is 705. The normalized spacial score (nSPS) is 12.0. The van der Waals surface area contributed by atoms with Crippen LogP contribution in [0, 0.1) is 0 Å². The van der Waals surface area contributed by atoms with Gasteiger partial charge in [0, 0.05) is 23.0 Å². The van der Waals surface area contributed by atoms with E-state index >= 15 is 0 Å². The number of thiophene rings is 1. The Kier molecular flexibility index (Phi) is 3.81. The second-order valence-corrected chi connectivity index (χ2v) is 5.46. The summed E-state index contributed by atoms with van der Waals surface area (Å²) in [6.07, 6.45) is 3.58. The fourth-order valence-electron chi connectivity index (χ4n) is 1.94. The standard InChI is InChI=1S/C15H14N4OS/c16-14(13-3-1-10-21-13)15(20)18-11-4-6-12(7-5-11)19-9-2-8-17-19/h1-10,14H,16H2,(H,18,20).